The van der Waals surface area contributed by atoms with Gasteiger partial charge in [-0.1, -0.05) is 102 Å². The lowest BCUT2D eigenvalue weighted by atomic mass is 9.85. The van der Waals surface area contributed by atoms with Crippen molar-refractivity contribution < 1.29 is 57.8 Å². The molecule has 1 fully saturated rings. The van der Waals surface area contributed by atoms with Gasteiger partial charge < -0.3 is 60.7 Å². The Morgan fingerprint density at radius 2 is 0.964 bits per heavy atom. The maximum atomic E-state index is 15.1. The molecular formula is C60H107N11O12. The van der Waals surface area contributed by atoms with Gasteiger partial charge in [-0.25, -0.2) is 0 Å². The molecule has 0 aliphatic carbocycles. The topological polar surface area (TPSA) is 279 Å². The second-order valence-electron chi connectivity index (χ2n) is 25.7. The van der Waals surface area contributed by atoms with Gasteiger partial charge >= 0.3 is 0 Å². The summed E-state index contributed by atoms with van der Waals surface area (Å²) in [4.78, 5) is 167. The molecule has 83 heavy (non-hydrogen) atoms. The molecule has 0 spiro atoms. The van der Waals surface area contributed by atoms with E-state index in [1.807, 2.05) is 41.5 Å². The number of rotatable bonds is 12. The Morgan fingerprint density at radius 3 is 1.42 bits per heavy atom. The molecule has 1 unspecified atom stereocenters. The second kappa shape index (κ2) is 32.8. The van der Waals surface area contributed by atoms with Crippen LogP contribution in [0.1, 0.15) is 150 Å². The first kappa shape index (κ1) is 74.9. The average molecular weight is 1170 g/mol. The third-order valence-electron chi connectivity index (χ3n) is 15.8. The minimum absolute atomic E-state index is 0.0210. The molecule has 12 atom stereocenters. The van der Waals surface area contributed by atoms with Gasteiger partial charge in [-0.2, -0.15) is 0 Å². The van der Waals surface area contributed by atoms with Gasteiger partial charge in [-0.05, 0) is 94.8 Å². The highest BCUT2D eigenvalue weighted by molar-refractivity contribution is 5.99. The normalized spacial score (nSPS) is 27.3. The van der Waals surface area contributed by atoms with Crippen molar-refractivity contribution in [3.63, 3.8) is 0 Å². The number of aliphatic hydroxyl groups excluding tert-OH is 1. The first-order valence-electron chi connectivity index (χ1n) is 29.5. The van der Waals surface area contributed by atoms with Crippen LogP contribution in [0.25, 0.3) is 0 Å². The van der Waals surface area contributed by atoms with Crippen LogP contribution in [0.5, 0.6) is 0 Å². The summed E-state index contributed by atoms with van der Waals surface area (Å²) < 4.78 is 0. The molecule has 1 aliphatic rings. The van der Waals surface area contributed by atoms with Crippen molar-refractivity contribution in [2.24, 2.45) is 35.0 Å². The van der Waals surface area contributed by atoms with Crippen LogP contribution in [0.4, 0.5) is 0 Å². The Hall–Kier alpha value is -6.13. The summed E-state index contributed by atoms with van der Waals surface area (Å²) >= 11 is 0. The predicted molar refractivity (Wildman–Crippen MR) is 319 cm³/mol. The Labute approximate surface area is 496 Å². The van der Waals surface area contributed by atoms with E-state index < -0.39 is 155 Å². The van der Waals surface area contributed by atoms with Gasteiger partial charge in [-0.3, -0.25) is 52.7 Å². The minimum atomic E-state index is -1.61. The van der Waals surface area contributed by atoms with E-state index in [2.05, 4.69) is 21.3 Å². The summed E-state index contributed by atoms with van der Waals surface area (Å²) in [6.45, 7) is 28.7. The number of aliphatic hydroxyl groups is 1. The third kappa shape index (κ3) is 20.6. The van der Waals surface area contributed by atoms with Crippen LogP contribution in [0.3, 0.4) is 0 Å². The number of amides is 11. The van der Waals surface area contributed by atoms with Crippen molar-refractivity contribution in [2.75, 3.05) is 55.9 Å². The predicted octanol–water partition coefficient (Wildman–Crippen LogP) is 2.63. The first-order chi connectivity index (χ1) is 38.1. The third-order valence-corrected chi connectivity index (χ3v) is 15.8. The van der Waals surface area contributed by atoms with Crippen molar-refractivity contribution in [3.8, 4) is 0 Å². The Balaban J connectivity index is 4.27. The summed E-state index contributed by atoms with van der Waals surface area (Å²) in [6, 6.07) is -12.4. The monoisotopic (exact) mass is 1170 g/mol. The largest absolute Gasteiger partial charge is 0.390 e. The first-order valence-corrected chi connectivity index (χ1v) is 29.5. The summed E-state index contributed by atoms with van der Waals surface area (Å²) in [7, 11) is 9.78. The number of hydrogen-bond donors (Lipinski definition) is 5. The lowest BCUT2D eigenvalue weighted by Crippen LogP contribution is -2.63. The summed E-state index contributed by atoms with van der Waals surface area (Å²) in [5.41, 5.74) is -0.937. The average Bonchev–Trinajstić information content (AvgIpc) is 3.43. The van der Waals surface area contributed by atoms with E-state index in [-0.39, 0.29) is 43.4 Å². The van der Waals surface area contributed by atoms with Gasteiger partial charge in [0.15, 0.2) is 0 Å². The number of carbonyl (C=O) groups is 11. The fourth-order valence-electron chi connectivity index (χ4n) is 10.1. The van der Waals surface area contributed by atoms with Crippen LogP contribution in [0, 0.1) is 35.0 Å². The number of carbonyl (C=O) groups excluding carboxylic acids is 11. The van der Waals surface area contributed by atoms with Gasteiger partial charge in [0.1, 0.15) is 60.4 Å². The minimum Gasteiger partial charge on any atom is -0.390 e. The van der Waals surface area contributed by atoms with Crippen molar-refractivity contribution in [1.82, 2.24) is 55.6 Å². The smallest absolute Gasteiger partial charge is 0.246 e. The van der Waals surface area contributed by atoms with Crippen molar-refractivity contribution in [2.45, 2.75) is 216 Å². The van der Waals surface area contributed by atoms with Crippen LogP contribution < -0.4 is 21.3 Å². The molecule has 0 aromatic heterocycles. The molecule has 0 aromatic carbocycles. The van der Waals surface area contributed by atoms with Crippen molar-refractivity contribution in [3.05, 3.63) is 12.2 Å². The highest BCUT2D eigenvalue weighted by atomic mass is 16.3. The van der Waals surface area contributed by atoms with Crippen LogP contribution in [-0.4, -0.2) is 227 Å². The zero-order valence-electron chi connectivity index (χ0n) is 54.7. The van der Waals surface area contributed by atoms with E-state index in [9.17, 15) is 48.3 Å². The van der Waals surface area contributed by atoms with Crippen LogP contribution in [0.15, 0.2) is 12.2 Å². The molecule has 0 aromatic rings. The quantitative estimate of drug-likeness (QED) is 0.177. The molecule has 23 nitrogen and oxygen atoms in total. The van der Waals surface area contributed by atoms with E-state index in [0.29, 0.717) is 6.42 Å². The summed E-state index contributed by atoms with van der Waals surface area (Å²) in [6.07, 6.45) is 2.85. The SMILES string of the molecule is C/C=C/C[C@@H](C)[C@@H](O)[C@H]1C(=O)N[C@@H](CC)C(=O)N(C)CC(=O)N(C)[C@H](C)C(=O)N[C@@H](C(C)(C)C)C(=O)N(C)[C@@H](C)C(=O)NC(CC(C)C)C(=O)N[C@H](C)C(=O)N(C)[C@@H](CC(C)C)C(=O)N(C)[C@H](CC(C)C)C(=O)N(C)[C@@H](C(C)C)C(=O)N1C. The fourth-order valence-corrected chi connectivity index (χ4v) is 10.1. The Morgan fingerprint density at radius 1 is 0.518 bits per heavy atom. The molecule has 1 aliphatic heterocycles. The van der Waals surface area contributed by atoms with Crippen molar-refractivity contribution >= 4 is 65.0 Å². The van der Waals surface area contributed by atoms with E-state index in [1.54, 1.807) is 67.5 Å². The number of likely N-dealkylation sites (N-methyl/N-ethyl adjacent to an activating group) is 7. The summed E-state index contributed by atoms with van der Waals surface area (Å²) in [5, 5.41) is 23.0. The zero-order valence-corrected chi connectivity index (χ0v) is 54.7. The molecule has 11 amide bonds. The van der Waals surface area contributed by atoms with Crippen LogP contribution in [0.2, 0.25) is 0 Å². The molecule has 0 bridgehead atoms. The van der Waals surface area contributed by atoms with Gasteiger partial charge in [0.25, 0.3) is 0 Å². The Kier molecular flexibility index (Phi) is 29.6. The van der Waals surface area contributed by atoms with Crippen LogP contribution >= 0.6 is 0 Å². The number of nitrogens with one attached hydrogen (secondary N) is 4. The van der Waals surface area contributed by atoms with Gasteiger partial charge in [0, 0.05) is 49.3 Å². The summed E-state index contributed by atoms with van der Waals surface area (Å²) in [5.74, 6) is -9.20. The number of hydrogen-bond acceptors (Lipinski definition) is 12. The van der Waals surface area contributed by atoms with Gasteiger partial charge in [-0.15, -0.1) is 0 Å². The number of nitrogens with zero attached hydrogens (tertiary/aromatic N) is 7. The maximum Gasteiger partial charge on any atom is 0.246 e. The molecule has 0 radical (unpaired) electrons. The lowest BCUT2D eigenvalue weighted by Gasteiger charge is -2.41. The maximum absolute atomic E-state index is 15.1. The number of allylic oxidation sites excluding steroid dienone is 2. The van der Waals surface area contributed by atoms with E-state index in [4.69, 9.17) is 0 Å². The molecule has 1 saturated heterocycles. The highest BCUT2D eigenvalue weighted by Crippen LogP contribution is 2.26. The Bertz CT molecular complexity index is 2300. The molecule has 1 rings (SSSR count). The highest BCUT2D eigenvalue weighted by Gasteiger charge is 2.46. The van der Waals surface area contributed by atoms with Gasteiger partial charge in [0.2, 0.25) is 65.0 Å². The zero-order chi connectivity index (χ0) is 64.6. The standard InChI is InChI=1S/C60H107N11O12/c1-25-27-28-37(11)48(73)47-53(77)62-41(26-2)55(79)65(18)32-45(72)66(19)39(13)51(75)64-49(60(15,16)17)59(83)67(20)40(14)50(74)63-42(29-33(3)4)52(76)61-38(12)54(78)68(21)43(30-34(5)6)56(80)69(22)44(31-35(7)8)57(81)70(23)46(36(9)10)58(82)71(47)24/h25,27,33-44,46-49,73H,26,28-32H2,1-24H3,(H,61,76)(H,62,77)(H,63,74)(H,64,75)/b27-25+/t37-,38-,39-,40+,41+,42?,43+,44-,46+,47+,48-,49-/m1/s1. The van der Waals surface area contributed by atoms with Crippen molar-refractivity contribution in [1.29, 1.82) is 0 Å². The lowest BCUT2D eigenvalue weighted by molar-refractivity contribution is -0.157. The van der Waals surface area contributed by atoms with Gasteiger partial charge in [0.05, 0.1) is 12.6 Å². The van der Waals surface area contributed by atoms with E-state index >= 15 is 9.59 Å². The fraction of sp³-hybridized carbons (Fsp3) is 0.783. The molecule has 1 heterocycles. The molecule has 5 N–H and O–H groups in total. The van der Waals surface area contributed by atoms with E-state index in [1.165, 1.54) is 84.8 Å². The van der Waals surface area contributed by atoms with E-state index in [0.717, 1.165) is 19.6 Å². The molecule has 23 heteroatoms. The molecule has 0 saturated carbocycles. The van der Waals surface area contributed by atoms with Crippen LogP contribution in [-0.2, 0) is 52.7 Å². The molecule has 474 valence electrons. The molecular weight excluding hydrogens is 1070 g/mol. The second-order valence-corrected chi connectivity index (χ2v) is 25.7.